The molecular weight excluding hydrogens is 238 g/mol. The Morgan fingerprint density at radius 2 is 1.95 bits per heavy atom. The van der Waals surface area contributed by atoms with Crippen molar-refractivity contribution < 1.29 is 9.47 Å². The van der Waals surface area contributed by atoms with Crippen LogP contribution in [0.1, 0.15) is 31.7 Å². The van der Waals surface area contributed by atoms with Crippen LogP contribution in [0.25, 0.3) is 0 Å². The third kappa shape index (κ3) is 3.87. The van der Waals surface area contributed by atoms with E-state index in [4.69, 9.17) is 9.47 Å². The van der Waals surface area contributed by atoms with Gasteiger partial charge in [-0.15, -0.1) is 0 Å². The van der Waals surface area contributed by atoms with Gasteiger partial charge in [-0.3, -0.25) is 0 Å². The van der Waals surface area contributed by atoms with Crippen molar-refractivity contribution in [2.75, 3.05) is 20.8 Å². The quantitative estimate of drug-likeness (QED) is 0.855. The Balaban J connectivity index is 1.82. The second-order valence-corrected chi connectivity index (χ2v) is 5.51. The maximum atomic E-state index is 5.33. The summed E-state index contributed by atoms with van der Waals surface area (Å²) in [7, 11) is 3.35. The molecule has 1 aromatic carbocycles. The van der Waals surface area contributed by atoms with Crippen LogP contribution in [0.15, 0.2) is 18.2 Å². The number of hydrogen-bond acceptors (Lipinski definition) is 3. The molecule has 3 heteroatoms. The lowest BCUT2D eigenvalue weighted by Gasteiger charge is -2.13. The molecule has 1 fully saturated rings. The van der Waals surface area contributed by atoms with Crippen LogP contribution in [0.4, 0.5) is 0 Å². The average molecular weight is 263 g/mol. The first-order valence-electron chi connectivity index (χ1n) is 7.17. The molecule has 0 unspecified atom stereocenters. The zero-order valence-electron chi connectivity index (χ0n) is 12.2. The highest BCUT2D eigenvalue weighted by molar-refractivity contribution is 5.42. The molecule has 1 saturated carbocycles. The Morgan fingerprint density at radius 1 is 1.16 bits per heavy atom. The first-order valence-corrected chi connectivity index (χ1v) is 7.17. The molecule has 2 rings (SSSR count). The second-order valence-electron chi connectivity index (χ2n) is 5.51. The van der Waals surface area contributed by atoms with Crippen molar-refractivity contribution in [1.82, 2.24) is 5.32 Å². The molecule has 0 spiro atoms. The van der Waals surface area contributed by atoms with Gasteiger partial charge in [0, 0.05) is 6.04 Å². The van der Waals surface area contributed by atoms with Gasteiger partial charge in [0.05, 0.1) is 14.2 Å². The minimum absolute atomic E-state index is 0.718. The van der Waals surface area contributed by atoms with Crippen LogP contribution in [-0.2, 0) is 6.42 Å². The summed E-state index contributed by atoms with van der Waals surface area (Å²) < 4.78 is 10.6. The van der Waals surface area contributed by atoms with Crippen molar-refractivity contribution in [1.29, 1.82) is 0 Å². The molecule has 0 aliphatic heterocycles. The normalized spacial score (nSPS) is 22.5. The van der Waals surface area contributed by atoms with E-state index in [0.29, 0.717) is 0 Å². The summed E-state index contributed by atoms with van der Waals surface area (Å²) in [5.41, 5.74) is 1.29. The highest BCUT2D eigenvalue weighted by Gasteiger charge is 2.20. The van der Waals surface area contributed by atoms with E-state index in [1.165, 1.54) is 24.8 Å². The lowest BCUT2D eigenvalue weighted by Crippen LogP contribution is -2.28. The van der Waals surface area contributed by atoms with Gasteiger partial charge in [-0.2, -0.15) is 0 Å². The lowest BCUT2D eigenvalue weighted by atomic mass is 10.1. The predicted molar refractivity (Wildman–Crippen MR) is 78.1 cm³/mol. The van der Waals surface area contributed by atoms with E-state index in [-0.39, 0.29) is 0 Å². The SMILES string of the molecule is COc1ccc(CCN[C@H]2CC[C@@H](C)C2)cc1OC. The lowest BCUT2D eigenvalue weighted by molar-refractivity contribution is 0.354. The van der Waals surface area contributed by atoms with Gasteiger partial charge < -0.3 is 14.8 Å². The summed E-state index contributed by atoms with van der Waals surface area (Å²) >= 11 is 0. The Kier molecular flexibility index (Phi) is 5.08. The van der Waals surface area contributed by atoms with Crippen molar-refractivity contribution in [2.45, 2.75) is 38.6 Å². The number of nitrogens with one attached hydrogen (secondary N) is 1. The van der Waals surface area contributed by atoms with Crippen molar-refractivity contribution in [3.8, 4) is 11.5 Å². The third-order valence-corrected chi connectivity index (χ3v) is 3.99. The van der Waals surface area contributed by atoms with Gasteiger partial charge in [-0.05, 0) is 55.8 Å². The summed E-state index contributed by atoms with van der Waals surface area (Å²) in [5.74, 6) is 2.50. The van der Waals surface area contributed by atoms with E-state index in [0.717, 1.165) is 36.4 Å². The molecule has 3 nitrogen and oxygen atoms in total. The van der Waals surface area contributed by atoms with E-state index in [9.17, 15) is 0 Å². The first-order chi connectivity index (χ1) is 9.22. The fourth-order valence-corrected chi connectivity index (χ4v) is 2.85. The summed E-state index contributed by atoms with van der Waals surface area (Å²) in [4.78, 5) is 0. The fraction of sp³-hybridized carbons (Fsp3) is 0.625. The van der Waals surface area contributed by atoms with Gasteiger partial charge in [-0.25, -0.2) is 0 Å². The Bertz CT molecular complexity index is 406. The maximum absolute atomic E-state index is 5.33. The van der Waals surface area contributed by atoms with E-state index in [2.05, 4.69) is 24.4 Å². The molecule has 1 aromatic rings. The number of ether oxygens (including phenoxy) is 2. The first kappa shape index (κ1) is 14.2. The van der Waals surface area contributed by atoms with Crippen molar-refractivity contribution in [3.05, 3.63) is 23.8 Å². The van der Waals surface area contributed by atoms with Crippen LogP contribution in [0, 0.1) is 5.92 Å². The summed E-state index contributed by atoms with van der Waals surface area (Å²) in [5, 5.41) is 3.65. The fourth-order valence-electron chi connectivity index (χ4n) is 2.85. The van der Waals surface area contributed by atoms with Crippen LogP contribution < -0.4 is 14.8 Å². The average Bonchev–Trinajstić information content (AvgIpc) is 2.84. The molecule has 1 aliphatic carbocycles. The number of benzene rings is 1. The zero-order valence-corrected chi connectivity index (χ0v) is 12.2. The molecule has 1 aliphatic rings. The molecule has 0 aromatic heterocycles. The van der Waals surface area contributed by atoms with E-state index >= 15 is 0 Å². The highest BCUT2D eigenvalue weighted by Crippen LogP contribution is 2.28. The topological polar surface area (TPSA) is 30.5 Å². The molecule has 0 bridgehead atoms. The van der Waals surface area contributed by atoms with Gasteiger partial charge >= 0.3 is 0 Å². The molecule has 2 atom stereocenters. The van der Waals surface area contributed by atoms with Gasteiger partial charge in [0.1, 0.15) is 0 Å². The minimum Gasteiger partial charge on any atom is -0.493 e. The van der Waals surface area contributed by atoms with Crippen molar-refractivity contribution in [3.63, 3.8) is 0 Å². The van der Waals surface area contributed by atoms with E-state index in [1.54, 1.807) is 14.2 Å². The minimum atomic E-state index is 0.718. The van der Waals surface area contributed by atoms with Crippen LogP contribution in [0.5, 0.6) is 11.5 Å². The van der Waals surface area contributed by atoms with Gasteiger partial charge in [0.15, 0.2) is 11.5 Å². The summed E-state index contributed by atoms with van der Waals surface area (Å²) in [6.45, 7) is 3.38. The standard InChI is InChI=1S/C16H25NO2/c1-12-4-6-14(10-12)17-9-8-13-5-7-15(18-2)16(11-13)19-3/h5,7,11-12,14,17H,4,6,8-10H2,1-3H3/t12-,14+/m1/s1. The summed E-state index contributed by atoms with van der Waals surface area (Å²) in [6, 6.07) is 6.87. The van der Waals surface area contributed by atoms with Gasteiger partial charge in [0.2, 0.25) is 0 Å². The molecule has 106 valence electrons. The van der Waals surface area contributed by atoms with Gasteiger partial charge in [0.25, 0.3) is 0 Å². The Morgan fingerprint density at radius 3 is 2.58 bits per heavy atom. The molecule has 0 amide bonds. The number of methoxy groups -OCH3 is 2. The maximum Gasteiger partial charge on any atom is 0.160 e. The van der Waals surface area contributed by atoms with Crippen LogP contribution in [0.3, 0.4) is 0 Å². The Labute approximate surface area is 116 Å². The van der Waals surface area contributed by atoms with Crippen molar-refractivity contribution in [2.24, 2.45) is 5.92 Å². The Hall–Kier alpha value is -1.22. The number of hydrogen-bond donors (Lipinski definition) is 1. The van der Waals surface area contributed by atoms with Crippen molar-refractivity contribution >= 4 is 0 Å². The predicted octanol–water partition coefficient (Wildman–Crippen LogP) is 3.02. The third-order valence-electron chi connectivity index (χ3n) is 3.99. The molecule has 1 N–H and O–H groups in total. The largest absolute Gasteiger partial charge is 0.493 e. The zero-order chi connectivity index (χ0) is 13.7. The molecule has 19 heavy (non-hydrogen) atoms. The molecule has 0 saturated heterocycles. The summed E-state index contributed by atoms with van der Waals surface area (Å²) in [6.07, 6.45) is 5.05. The molecule has 0 radical (unpaired) electrons. The highest BCUT2D eigenvalue weighted by atomic mass is 16.5. The van der Waals surface area contributed by atoms with Crippen LogP contribution in [0.2, 0.25) is 0 Å². The van der Waals surface area contributed by atoms with Crippen LogP contribution in [-0.4, -0.2) is 26.8 Å². The number of rotatable bonds is 6. The second kappa shape index (κ2) is 6.80. The van der Waals surface area contributed by atoms with E-state index in [1.807, 2.05) is 6.07 Å². The van der Waals surface area contributed by atoms with Crippen LogP contribution >= 0.6 is 0 Å². The monoisotopic (exact) mass is 263 g/mol. The van der Waals surface area contributed by atoms with E-state index < -0.39 is 0 Å². The molecular formula is C16H25NO2. The molecule has 0 heterocycles. The smallest absolute Gasteiger partial charge is 0.160 e. The van der Waals surface area contributed by atoms with Gasteiger partial charge in [-0.1, -0.05) is 13.0 Å².